The van der Waals surface area contributed by atoms with Crippen LogP contribution in [0.15, 0.2) is 10.5 Å². The summed E-state index contributed by atoms with van der Waals surface area (Å²) in [6.45, 7) is 1.79. The molecule has 0 aliphatic heterocycles. The normalized spacial score (nSPS) is 14.6. The van der Waals surface area contributed by atoms with Crippen molar-refractivity contribution in [2.45, 2.75) is 17.3 Å². The van der Waals surface area contributed by atoms with Crippen LogP contribution in [0.4, 0.5) is 0 Å². The average molecular weight is 206 g/mol. The smallest absolute Gasteiger partial charge is 0.209 e. The minimum atomic E-state index is -3.16. The standard InChI is InChI=1S/C6H10N2O2S2/c1-4(7)5-3-8-6(11-5)12(2,9)10/h3-4H,7H2,1-2H3. The van der Waals surface area contributed by atoms with Crippen LogP contribution in [-0.2, 0) is 9.84 Å². The summed E-state index contributed by atoms with van der Waals surface area (Å²) in [7, 11) is -3.16. The molecule has 12 heavy (non-hydrogen) atoms. The molecule has 0 amide bonds. The van der Waals surface area contributed by atoms with Crippen molar-refractivity contribution < 1.29 is 8.42 Å². The maximum Gasteiger partial charge on any atom is 0.209 e. The van der Waals surface area contributed by atoms with E-state index in [2.05, 4.69) is 4.98 Å². The Morgan fingerprint density at radius 3 is 2.50 bits per heavy atom. The Hall–Kier alpha value is -0.460. The number of nitrogens with zero attached hydrogens (tertiary/aromatic N) is 1. The number of hydrogen-bond donors (Lipinski definition) is 1. The Bertz CT molecular complexity index is 367. The summed E-state index contributed by atoms with van der Waals surface area (Å²) < 4.78 is 22.1. The van der Waals surface area contributed by atoms with Crippen molar-refractivity contribution in [2.75, 3.05) is 6.26 Å². The van der Waals surface area contributed by atoms with Crippen LogP contribution in [0, 0.1) is 0 Å². The van der Waals surface area contributed by atoms with Crippen molar-refractivity contribution in [3.8, 4) is 0 Å². The number of sulfone groups is 1. The topological polar surface area (TPSA) is 73.0 Å². The van der Waals surface area contributed by atoms with Gasteiger partial charge in [0.15, 0.2) is 0 Å². The van der Waals surface area contributed by atoms with Gasteiger partial charge < -0.3 is 5.73 Å². The van der Waals surface area contributed by atoms with Crippen LogP contribution < -0.4 is 5.73 Å². The molecule has 2 N–H and O–H groups in total. The van der Waals surface area contributed by atoms with Crippen molar-refractivity contribution in [1.82, 2.24) is 4.98 Å². The molecule has 1 unspecified atom stereocenters. The van der Waals surface area contributed by atoms with E-state index < -0.39 is 9.84 Å². The molecule has 1 aromatic rings. The second-order valence-corrected chi connectivity index (χ2v) is 5.84. The van der Waals surface area contributed by atoms with Crippen molar-refractivity contribution in [3.63, 3.8) is 0 Å². The zero-order valence-corrected chi connectivity index (χ0v) is 8.45. The lowest BCUT2D eigenvalue weighted by Crippen LogP contribution is -2.01. The van der Waals surface area contributed by atoms with Crippen LogP contribution >= 0.6 is 11.3 Å². The third-order valence-corrected chi connectivity index (χ3v) is 4.16. The molecule has 0 bridgehead atoms. The van der Waals surface area contributed by atoms with Gasteiger partial charge in [0.1, 0.15) is 0 Å². The van der Waals surface area contributed by atoms with Crippen molar-refractivity contribution in [3.05, 3.63) is 11.1 Å². The Kier molecular flexibility index (Phi) is 2.50. The SMILES string of the molecule is CC(N)c1cnc(S(C)(=O)=O)s1. The van der Waals surface area contributed by atoms with Gasteiger partial charge in [-0.2, -0.15) is 0 Å². The van der Waals surface area contributed by atoms with Gasteiger partial charge in [-0.25, -0.2) is 13.4 Å². The molecule has 0 saturated heterocycles. The van der Waals surface area contributed by atoms with Gasteiger partial charge in [-0.05, 0) is 6.92 Å². The highest BCUT2D eigenvalue weighted by Crippen LogP contribution is 2.21. The van der Waals surface area contributed by atoms with E-state index in [1.807, 2.05) is 0 Å². The molecule has 0 saturated carbocycles. The fraction of sp³-hybridized carbons (Fsp3) is 0.500. The zero-order valence-electron chi connectivity index (χ0n) is 6.81. The van der Waals surface area contributed by atoms with Crippen molar-refractivity contribution in [1.29, 1.82) is 0 Å². The van der Waals surface area contributed by atoms with E-state index in [1.165, 1.54) is 6.20 Å². The summed E-state index contributed by atoms with van der Waals surface area (Å²) in [4.78, 5) is 4.55. The third kappa shape index (κ3) is 2.02. The first-order valence-corrected chi connectivity index (χ1v) is 6.03. The molecule has 0 fully saturated rings. The van der Waals surface area contributed by atoms with Gasteiger partial charge in [-0.1, -0.05) is 0 Å². The van der Waals surface area contributed by atoms with Gasteiger partial charge in [0.2, 0.25) is 14.2 Å². The van der Waals surface area contributed by atoms with Crippen molar-refractivity contribution in [2.24, 2.45) is 5.73 Å². The van der Waals surface area contributed by atoms with Gasteiger partial charge in [0, 0.05) is 23.4 Å². The van der Waals surface area contributed by atoms with E-state index in [0.717, 1.165) is 22.5 Å². The lowest BCUT2D eigenvalue weighted by atomic mass is 10.3. The second-order valence-electron chi connectivity index (χ2n) is 2.59. The summed E-state index contributed by atoms with van der Waals surface area (Å²) >= 11 is 1.12. The van der Waals surface area contributed by atoms with E-state index in [0.29, 0.717) is 0 Å². The summed E-state index contributed by atoms with van der Waals surface area (Å²) in [6.07, 6.45) is 2.64. The molecule has 1 heterocycles. The zero-order chi connectivity index (χ0) is 9.35. The molecule has 68 valence electrons. The molecule has 0 radical (unpaired) electrons. The molecule has 4 nitrogen and oxygen atoms in total. The number of aromatic nitrogens is 1. The lowest BCUT2D eigenvalue weighted by molar-refractivity contribution is 0.601. The number of rotatable bonds is 2. The quantitative estimate of drug-likeness (QED) is 0.767. The Balaban J connectivity index is 3.09. The third-order valence-electron chi connectivity index (χ3n) is 1.27. The number of thiazole rings is 1. The minimum Gasteiger partial charge on any atom is -0.323 e. The number of hydrogen-bond acceptors (Lipinski definition) is 5. The van der Waals surface area contributed by atoms with E-state index in [1.54, 1.807) is 6.92 Å². The van der Waals surface area contributed by atoms with Crippen LogP contribution in [0.25, 0.3) is 0 Å². The minimum absolute atomic E-state index is 0.134. The Labute approximate surface area is 75.4 Å². The molecule has 1 rings (SSSR count). The second kappa shape index (κ2) is 3.12. The van der Waals surface area contributed by atoms with Crippen LogP contribution in [0.1, 0.15) is 17.8 Å². The summed E-state index contributed by atoms with van der Waals surface area (Å²) in [5, 5.41) is 0. The first-order chi connectivity index (χ1) is 5.41. The molecular weight excluding hydrogens is 196 g/mol. The molecule has 1 atom stereocenters. The van der Waals surface area contributed by atoms with Gasteiger partial charge in [0.25, 0.3) is 0 Å². The van der Waals surface area contributed by atoms with Gasteiger partial charge in [-0.15, -0.1) is 11.3 Å². The van der Waals surface area contributed by atoms with E-state index in [-0.39, 0.29) is 10.4 Å². The van der Waals surface area contributed by atoms with Crippen LogP contribution in [-0.4, -0.2) is 19.7 Å². The highest BCUT2D eigenvalue weighted by Gasteiger charge is 2.13. The summed E-state index contributed by atoms with van der Waals surface area (Å²) in [5.74, 6) is 0. The molecule has 6 heteroatoms. The number of nitrogens with two attached hydrogens (primary N) is 1. The summed E-state index contributed by atoms with van der Waals surface area (Å²) in [6, 6.07) is -0.155. The maximum atomic E-state index is 11.0. The van der Waals surface area contributed by atoms with E-state index in [4.69, 9.17) is 5.73 Å². The molecule has 0 aliphatic carbocycles. The largest absolute Gasteiger partial charge is 0.323 e. The van der Waals surface area contributed by atoms with Gasteiger partial charge in [-0.3, -0.25) is 0 Å². The summed E-state index contributed by atoms with van der Waals surface area (Å²) in [5.41, 5.74) is 5.55. The van der Waals surface area contributed by atoms with Crippen LogP contribution in [0.2, 0.25) is 0 Å². The maximum absolute atomic E-state index is 11.0. The first-order valence-electron chi connectivity index (χ1n) is 3.32. The molecular formula is C6H10N2O2S2. The highest BCUT2D eigenvalue weighted by atomic mass is 32.2. The van der Waals surface area contributed by atoms with Crippen LogP contribution in [0.5, 0.6) is 0 Å². The van der Waals surface area contributed by atoms with E-state index >= 15 is 0 Å². The average Bonchev–Trinajstić information content (AvgIpc) is 2.30. The fourth-order valence-corrected chi connectivity index (χ4v) is 2.39. The van der Waals surface area contributed by atoms with Gasteiger partial charge >= 0.3 is 0 Å². The fourth-order valence-electron chi connectivity index (χ4n) is 0.652. The Morgan fingerprint density at radius 1 is 1.67 bits per heavy atom. The molecule has 0 aliphatic rings. The van der Waals surface area contributed by atoms with E-state index in [9.17, 15) is 8.42 Å². The predicted molar refractivity (Wildman–Crippen MR) is 47.8 cm³/mol. The first kappa shape index (κ1) is 9.63. The lowest BCUT2D eigenvalue weighted by Gasteiger charge is -1.96. The van der Waals surface area contributed by atoms with Crippen molar-refractivity contribution >= 4 is 21.2 Å². The Morgan fingerprint density at radius 2 is 2.25 bits per heavy atom. The molecule has 0 aromatic carbocycles. The molecule has 1 aromatic heterocycles. The monoisotopic (exact) mass is 206 g/mol. The predicted octanol–water partition coefficient (Wildman–Crippen LogP) is 0.566. The molecule has 0 spiro atoms. The van der Waals surface area contributed by atoms with Crippen LogP contribution in [0.3, 0.4) is 0 Å². The highest BCUT2D eigenvalue weighted by molar-refractivity contribution is 7.92. The van der Waals surface area contributed by atoms with Gasteiger partial charge in [0.05, 0.1) is 0 Å².